The number of thiocarbonyl (C=S) groups is 1. The lowest BCUT2D eigenvalue weighted by Gasteiger charge is -2.69. The zero-order valence-corrected chi connectivity index (χ0v) is 23.4. The Morgan fingerprint density at radius 2 is 1.88 bits per heavy atom. The van der Waals surface area contributed by atoms with Crippen molar-refractivity contribution < 1.29 is 14.5 Å². The van der Waals surface area contributed by atoms with Crippen molar-refractivity contribution in [2.24, 2.45) is 40.4 Å². The van der Waals surface area contributed by atoms with Crippen LogP contribution in [0.25, 0.3) is 0 Å². The van der Waals surface area contributed by atoms with E-state index >= 15 is 0 Å². The molecule has 0 radical (unpaired) electrons. The van der Waals surface area contributed by atoms with Crippen LogP contribution >= 0.6 is 24.8 Å². The summed E-state index contributed by atoms with van der Waals surface area (Å²) in [7, 11) is 0. The SMILES string of the molecule is CCC[C@@H](C)/C=C/[C@@H](C)[C@H]1CC[C@@H]2[C@]1(C)CC[C@H]1[C@]23C=C[C@]2(C[C@@H](OC(=S)S)CC[C@]12C)OO3. The Morgan fingerprint density at radius 3 is 2.56 bits per heavy atom. The lowest BCUT2D eigenvalue weighted by molar-refractivity contribution is -0.497. The molecule has 0 N–H and O–H groups in total. The Bertz CT molecular complexity index is 871. The average Bonchev–Trinajstić information content (AvgIpc) is 3.15. The molecule has 0 aromatic rings. The van der Waals surface area contributed by atoms with Gasteiger partial charge in [0.05, 0.1) is 0 Å². The van der Waals surface area contributed by atoms with Gasteiger partial charge in [0.25, 0.3) is 0 Å². The molecule has 6 aliphatic rings. The van der Waals surface area contributed by atoms with E-state index in [1.807, 2.05) is 0 Å². The molecule has 34 heavy (non-hydrogen) atoms. The van der Waals surface area contributed by atoms with Gasteiger partial charge in [0.15, 0.2) is 0 Å². The van der Waals surface area contributed by atoms with Crippen molar-refractivity contribution in [2.45, 2.75) is 110 Å². The van der Waals surface area contributed by atoms with Gasteiger partial charge in [-0.25, -0.2) is 9.78 Å². The van der Waals surface area contributed by atoms with Gasteiger partial charge in [0, 0.05) is 23.7 Å². The maximum Gasteiger partial charge on any atom is 0.217 e. The highest BCUT2D eigenvalue weighted by Gasteiger charge is 2.74. The third-order valence-electron chi connectivity index (χ3n) is 11.1. The minimum atomic E-state index is -0.419. The Kier molecular flexibility index (Phi) is 6.61. The second-order valence-electron chi connectivity index (χ2n) is 12.8. The van der Waals surface area contributed by atoms with Crippen molar-refractivity contribution in [3.05, 3.63) is 24.3 Å². The molecule has 0 amide bonds. The number of hydrogen-bond acceptors (Lipinski definition) is 4. The van der Waals surface area contributed by atoms with Crippen molar-refractivity contribution in [3.63, 3.8) is 0 Å². The summed E-state index contributed by atoms with van der Waals surface area (Å²) >= 11 is 9.33. The van der Waals surface area contributed by atoms with E-state index in [4.69, 9.17) is 26.7 Å². The van der Waals surface area contributed by atoms with Gasteiger partial charge in [-0.2, -0.15) is 0 Å². The van der Waals surface area contributed by atoms with E-state index in [0.29, 0.717) is 34.0 Å². The molecular weight excluding hydrogens is 460 g/mol. The van der Waals surface area contributed by atoms with Gasteiger partial charge in [0.2, 0.25) is 4.38 Å². The average molecular weight is 505 g/mol. The fourth-order valence-electron chi connectivity index (χ4n) is 9.28. The minimum absolute atomic E-state index is 0.0457. The lowest BCUT2D eigenvalue weighted by Crippen LogP contribution is -2.73. The molecule has 2 bridgehead atoms. The van der Waals surface area contributed by atoms with Gasteiger partial charge in [-0.15, -0.1) is 0 Å². The van der Waals surface area contributed by atoms with Crippen molar-refractivity contribution in [3.8, 4) is 0 Å². The number of hydrogen-bond donors (Lipinski definition) is 1. The molecule has 2 spiro atoms. The normalized spacial score (nSPS) is 48.8. The van der Waals surface area contributed by atoms with E-state index in [1.54, 1.807) is 0 Å². The van der Waals surface area contributed by atoms with Crippen LogP contribution in [0.2, 0.25) is 0 Å². The van der Waals surface area contributed by atoms with Crippen LogP contribution in [0.15, 0.2) is 24.3 Å². The Morgan fingerprint density at radius 1 is 1.09 bits per heavy atom. The zero-order chi connectivity index (χ0) is 24.4. The summed E-state index contributed by atoms with van der Waals surface area (Å²) in [5.74, 6) is 2.99. The smallest absolute Gasteiger partial charge is 0.217 e. The molecule has 190 valence electrons. The van der Waals surface area contributed by atoms with E-state index in [0.717, 1.165) is 19.3 Å². The van der Waals surface area contributed by atoms with Crippen LogP contribution in [0.1, 0.15) is 92.4 Å². The van der Waals surface area contributed by atoms with Crippen LogP contribution in [0.3, 0.4) is 0 Å². The second-order valence-corrected chi connectivity index (χ2v) is 13.8. The van der Waals surface area contributed by atoms with Crippen LogP contribution in [-0.2, 0) is 14.5 Å². The predicted octanol–water partition coefficient (Wildman–Crippen LogP) is 7.86. The summed E-state index contributed by atoms with van der Waals surface area (Å²) in [6.07, 6.45) is 20.3. The van der Waals surface area contributed by atoms with E-state index in [2.05, 4.69) is 71.6 Å². The highest BCUT2D eigenvalue weighted by atomic mass is 32.1. The molecule has 0 aromatic heterocycles. The van der Waals surface area contributed by atoms with Gasteiger partial charge >= 0.3 is 0 Å². The highest BCUT2D eigenvalue weighted by Crippen LogP contribution is 2.72. The second kappa shape index (κ2) is 8.89. The third kappa shape index (κ3) is 3.62. The number of thiol groups is 1. The van der Waals surface area contributed by atoms with Gasteiger partial charge in [0.1, 0.15) is 17.3 Å². The molecule has 4 fully saturated rings. The van der Waals surface area contributed by atoms with Crippen LogP contribution in [0, 0.1) is 40.4 Å². The molecule has 2 heterocycles. The molecule has 0 unspecified atom stereocenters. The van der Waals surface area contributed by atoms with Crippen molar-refractivity contribution in [2.75, 3.05) is 0 Å². The van der Waals surface area contributed by atoms with E-state index in [9.17, 15) is 0 Å². The van der Waals surface area contributed by atoms with E-state index in [-0.39, 0.29) is 22.5 Å². The molecular formula is C29H44O3S2. The summed E-state index contributed by atoms with van der Waals surface area (Å²) in [6, 6.07) is 0. The van der Waals surface area contributed by atoms with Crippen LogP contribution < -0.4 is 0 Å². The molecule has 2 aliphatic heterocycles. The van der Waals surface area contributed by atoms with Crippen molar-refractivity contribution >= 4 is 29.2 Å². The molecule has 4 aliphatic carbocycles. The number of allylic oxidation sites excluding steroid dienone is 2. The van der Waals surface area contributed by atoms with Gasteiger partial charge in [-0.3, -0.25) is 0 Å². The molecule has 3 nitrogen and oxygen atoms in total. The zero-order valence-electron chi connectivity index (χ0n) is 21.7. The fourth-order valence-corrected chi connectivity index (χ4v) is 9.57. The van der Waals surface area contributed by atoms with Crippen LogP contribution in [0.4, 0.5) is 0 Å². The van der Waals surface area contributed by atoms with Crippen molar-refractivity contribution in [1.29, 1.82) is 0 Å². The first-order valence-corrected chi connectivity index (χ1v) is 14.6. The predicted molar refractivity (Wildman–Crippen MR) is 145 cm³/mol. The molecule has 10 atom stereocenters. The largest absolute Gasteiger partial charge is 0.475 e. The summed E-state index contributed by atoms with van der Waals surface area (Å²) < 4.78 is 6.19. The highest BCUT2D eigenvalue weighted by molar-refractivity contribution is 8.10. The summed E-state index contributed by atoms with van der Waals surface area (Å²) in [5, 5.41) is 0. The molecule has 6 rings (SSSR count). The quantitative estimate of drug-likeness (QED) is 0.172. The van der Waals surface area contributed by atoms with Gasteiger partial charge in [-0.05, 0) is 86.4 Å². The first-order valence-electron chi connectivity index (χ1n) is 13.8. The number of ether oxygens (including phenoxy) is 1. The monoisotopic (exact) mass is 504 g/mol. The molecule has 1 saturated heterocycles. The third-order valence-corrected chi connectivity index (χ3v) is 11.3. The first-order chi connectivity index (χ1) is 16.1. The van der Waals surface area contributed by atoms with Gasteiger partial charge < -0.3 is 4.74 Å². The Labute approximate surface area is 217 Å². The van der Waals surface area contributed by atoms with E-state index in [1.165, 1.54) is 38.5 Å². The van der Waals surface area contributed by atoms with Crippen LogP contribution in [0.5, 0.6) is 0 Å². The van der Waals surface area contributed by atoms with E-state index < -0.39 is 5.60 Å². The topological polar surface area (TPSA) is 27.7 Å². The summed E-state index contributed by atoms with van der Waals surface area (Å²) in [4.78, 5) is 13.0. The van der Waals surface area contributed by atoms with Gasteiger partial charge in [-0.1, -0.05) is 71.9 Å². The molecule has 5 heteroatoms. The maximum absolute atomic E-state index is 6.57. The number of rotatable bonds is 6. The maximum atomic E-state index is 6.57. The summed E-state index contributed by atoms with van der Waals surface area (Å²) in [6.45, 7) is 12.1. The fraction of sp³-hybridized carbons (Fsp3) is 0.828. The standard InChI is InChI=1S/C29H44O3S2/c1-6-7-19(2)8-9-20(3)22-10-11-23-26(22,4)14-13-24-27(5)15-12-21(30-25(33)34)18-28(27)16-17-29(23,24)32-31-28/h8-9,16-17,19-24H,6-7,10-15,18H2,1-5H3,(H,33,34)/b9-8+/t19-,20-,21+,22-,23-,24-,26-,27-,28-,29+/m1/s1. The lowest BCUT2D eigenvalue weighted by atomic mass is 9.42. The first kappa shape index (κ1) is 25.3. The Balaban J connectivity index is 1.41. The number of fused-ring (bicyclic) bond motifs is 2. The van der Waals surface area contributed by atoms with Crippen LogP contribution in [-0.4, -0.2) is 21.7 Å². The summed E-state index contributed by atoms with van der Waals surface area (Å²) in [5.41, 5.74) is -0.353. The minimum Gasteiger partial charge on any atom is -0.475 e. The van der Waals surface area contributed by atoms with Crippen molar-refractivity contribution in [1.82, 2.24) is 0 Å². The molecule has 0 aromatic carbocycles. The Hall–Kier alpha value is -0.360. The molecule has 3 saturated carbocycles.